The smallest absolute Gasteiger partial charge is 0.350 e. The van der Waals surface area contributed by atoms with Gasteiger partial charge in [-0.1, -0.05) is 111 Å². The lowest BCUT2D eigenvalue weighted by Crippen LogP contribution is -2.82. The summed E-state index contributed by atoms with van der Waals surface area (Å²) < 4.78 is 37.4. The number of carbonyl (C=O) groups is 17. The molecule has 39 nitrogen and oxygen atoms in total. The summed E-state index contributed by atoms with van der Waals surface area (Å²) in [5.41, 5.74) is 1.63. The van der Waals surface area contributed by atoms with Gasteiger partial charge in [-0.3, -0.25) is 82.2 Å². The van der Waals surface area contributed by atoms with E-state index in [0.29, 0.717) is 31.2 Å². The van der Waals surface area contributed by atoms with Crippen LogP contribution in [0.1, 0.15) is 183 Å². The molecule has 3 aliphatic heterocycles. The van der Waals surface area contributed by atoms with Crippen molar-refractivity contribution in [1.82, 2.24) is 47.4 Å². The highest BCUT2D eigenvalue weighted by atomic mass is 32.2. The van der Waals surface area contributed by atoms with Crippen molar-refractivity contribution in [3.05, 3.63) is 155 Å². The van der Waals surface area contributed by atoms with Gasteiger partial charge < -0.3 is 97.7 Å². The van der Waals surface area contributed by atoms with Gasteiger partial charge in [0.15, 0.2) is 23.4 Å². The first-order valence-electron chi connectivity index (χ1n) is 45.0. The second-order valence-electron chi connectivity index (χ2n) is 36.5. The second kappa shape index (κ2) is 44.4. The van der Waals surface area contributed by atoms with Gasteiger partial charge in [0.2, 0.25) is 59.3 Å². The van der Waals surface area contributed by atoms with Crippen LogP contribution in [-0.4, -0.2) is 243 Å². The number of carbonyl (C=O) groups excluding carboxylic acids is 16. The number of nitriles is 1. The zero-order chi connectivity index (χ0) is 98.2. The SMILES string of the molecule is CC(=O)O[C@H]1C(=O)[C@@]2(C)[C@H]([C@H](OC(=O)c3ccccc3)[C@]3(O)C[C@H](OC(=O)[C@H](OC(=O)CCC(C)(C#N)C(CSC4CC(=O)N(CC5CCC(C(=O)NCCCCC6NC(=O)C(Cc7ccccc7)NC(=O)C(CC(=O)O)NC(=O)CNC(=O)C(CCCNC(=N)N)NC6=O)CC5)C4=O)C(N)=O)[C@@H](NC(=O)c4ccccc4)c4ccccc4)C(C)=C1C3(C)C)[C@]1(OC(C)=O)CO[C@@H]1C[C@@H]2O. The Kier molecular flexibility index (Phi) is 33.7. The fourth-order valence-corrected chi connectivity index (χ4v) is 21.0. The van der Waals surface area contributed by atoms with E-state index >= 15 is 9.59 Å². The summed E-state index contributed by atoms with van der Waals surface area (Å²) in [7, 11) is 0. The molecule has 7 aliphatic rings. The number of hydrogen-bond donors (Lipinski definition) is 14. The quantitative estimate of drug-likeness (QED) is 0.00599. The molecule has 4 aliphatic carbocycles. The van der Waals surface area contributed by atoms with E-state index in [9.17, 15) is 92.5 Å². The zero-order valence-electron chi connectivity index (χ0n) is 76.0. The molecule has 40 heteroatoms. The van der Waals surface area contributed by atoms with Crippen LogP contribution >= 0.6 is 11.8 Å². The molecule has 7 unspecified atom stereocenters. The summed E-state index contributed by atoms with van der Waals surface area (Å²) in [5, 5.41) is 74.9. The Morgan fingerprint density at radius 3 is 1.93 bits per heavy atom. The van der Waals surface area contributed by atoms with E-state index in [0.717, 1.165) is 30.5 Å². The van der Waals surface area contributed by atoms with Crippen LogP contribution in [0.5, 0.6) is 0 Å². The number of hydrogen-bond acceptors (Lipinski definition) is 28. The third kappa shape index (κ3) is 23.9. The fourth-order valence-electron chi connectivity index (χ4n) is 19.5. The van der Waals surface area contributed by atoms with Crippen LogP contribution in [0.15, 0.2) is 132 Å². The number of thioether (sulfide) groups is 1. The van der Waals surface area contributed by atoms with Crippen molar-refractivity contribution in [1.29, 1.82) is 10.7 Å². The van der Waals surface area contributed by atoms with Gasteiger partial charge in [-0.05, 0) is 137 Å². The molecule has 3 saturated heterocycles. The number of esters is 5. The number of nitrogens with two attached hydrogens (primary N) is 2. The van der Waals surface area contributed by atoms with Crippen LogP contribution in [-0.2, 0) is 107 Å². The number of unbranched alkanes of at least 4 members (excludes halogenated alkanes) is 1. The minimum Gasteiger partial charge on any atom is -0.481 e. The molecule has 0 radical (unpaired) electrons. The monoisotopic (exact) mass is 1890 g/mol. The number of aliphatic hydroxyl groups is 2. The van der Waals surface area contributed by atoms with Crippen molar-refractivity contribution >= 4 is 118 Å². The highest BCUT2D eigenvalue weighted by Gasteiger charge is 2.79. The number of carboxylic acid groups (broad SMARTS) is 1. The lowest BCUT2D eigenvalue weighted by molar-refractivity contribution is -0.346. The number of guanidine groups is 1. The Labute approximate surface area is 783 Å². The first-order valence-corrected chi connectivity index (χ1v) is 46.1. The molecule has 11 rings (SSSR count). The minimum atomic E-state index is -2.63. The Morgan fingerprint density at radius 1 is 0.733 bits per heavy atom. The minimum absolute atomic E-state index is 0.00133. The number of rotatable bonds is 35. The molecular formula is C95H117N13O26S. The predicted octanol–water partition coefficient (Wildman–Crippen LogP) is 2.70. The molecule has 135 heavy (non-hydrogen) atoms. The van der Waals surface area contributed by atoms with E-state index in [2.05, 4.69) is 48.6 Å². The summed E-state index contributed by atoms with van der Waals surface area (Å²) in [6.07, 6.45) is -12.4. The van der Waals surface area contributed by atoms with Crippen LogP contribution in [0.25, 0.3) is 0 Å². The number of primary amides is 1. The average Bonchev–Trinajstić information content (AvgIpc) is 0.876. The maximum absolute atomic E-state index is 16.1. The van der Waals surface area contributed by atoms with Crippen molar-refractivity contribution in [2.24, 2.45) is 51.4 Å². The number of likely N-dealkylation sites (tertiary alicyclic amines) is 1. The topological polar surface area (TPSA) is 605 Å². The number of carboxylic acids is 1. The summed E-state index contributed by atoms with van der Waals surface area (Å²) >= 11 is 0.906. The normalized spacial score (nSPS) is 27.9. The van der Waals surface area contributed by atoms with Crippen LogP contribution in [0.3, 0.4) is 0 Å². The van der Waals surface area contributed by atoms with Crippen molar-refractivity contribution < 1.29 is 125 Å². The first-order chi connectivity index (χ1) is 64.0. The van der Waals surface area contributed by atoms with E-state index in [-0.39, 0.29) is 122 Å². The molecule has 0 aromatic heterocycles. The third-order valence-electron chi connectivity index (χ3n) is 27.1. The molecule has 18 atom stereocenters. The summed E-state index contributed by atoms with van der Waals surface area (Å²) in [6.45, 7) is 8.29. The number of aliphatic carboxylic acids is 1. The first kappa shape index (κ1) is 103. The molecule has 16 N–H and O–H groups in total. The van der Waals surface area contributed by atoms with Gasteiger partial charge in [-0.25, -0.2) is 9.59 Å². The zero-order valence-corrected chi connectivity index (χ0v) is 76.8. The fraction of sp³-hybridized carbons (Fsp3) is 0.526. The largest absolute Gasteiger partial charge is 0.481 e. The molecule has 10 amide bonds. The molecule has 724 valence electrons. The summed E-state index contributed by atoms with van der Waals surface area (Å²) in [6, 6.07) is 26.3. The van der Waals surface area contributed by atoms with E-state index in [4.69, 9.17) is 45.3 Å². The van der Waals surface area contributed by atoms with Crippen molar-refractivity contribution in [3.8, 4) is 6.07 Å². The van der Waals surface area contributed by atoms with Crippen LogP contribution in [0.4, 0.5) is 0 Å². The third-order valence-corrected chi connectivity index (χ3v) is 28.4. The van der Waals surface area contributed by atoms with E-state index in [1.165, 1.54) is 71.0 Å². The summed E-state index contributed by atoms with van der Waals surface area (Å²) in [5.74, 6) is -20.1. The lowest BCUT2D eigenvalue weighted by Gasteiger charge is -2.67. The number of aliphatic hydroxyl groups excluding tert-OH is 1. The van der Waals surface area contributed by atoms with Gasteiger partial charge in [0.1, 0.15) is 54.1 Å². The highest BCUT2D eigenvalue weighted by molar-refractivity contribution is 8.00. The lowest BCUT2D eigenvalue weighted by atomic mass is 9.44. The van der Waals surface area contributed by atoms with Gasteiger partial charge in [-0.2, -0.15) is 5.26 Å². The van der Waals surface area contributed by atoms with Crippen molar-refractivity contribution in [3.63, 3.8) is 0 Å². The van der Waals surface area contributed by atoms with Crippen molar-refractivity contribution in [2.45, 2.75) is 234 Å². The number of fused-ring (bicyclic) bond motifs is 5. The predicted molar refractivity (Wildman–Crippen MR) is 479 cm³/mol. The Hall–Kier alpha value is -13.0. The van der Waals surface area contributed by atoms with Gasteiger partial charge in [0, 0.05) is 88.2 Å². The molecule has 4 aromatic carbocycles. The molecule has 3 saturated carbocycles. The van der Waals surface area contributed by atoms with Gasteiger partial charge in [0.25, 0.3) is 5.91 Å². The molecule has 0 spiro atoms. The van der Waals surface area contributed by atoms with Crippen molar-refractivity contribution in [2.75, 3.05) is 38.5 Å². The van der Waals surface area contributed by atoms with Crippen LogP contribution < -0.4 is 54.0 Å². The maximum atomic E-state index is 16.1. The van der Waals surface area contributed by atoms with Crippen LogP contribution in [0.2, 0.25) is 0 Å². The molecule has 3 heterocycles. The van der Waals surface area contributed by atoms with E-state index < -0.39 is 251 Å². The average molecular weight is 1890 g/mol. The Balaban J connectivity index is 0.752. The van der Waals surface area contributed by atoms with E-state index in [1.54, 1.807) is 84.9 Å². The maximum Gasteiger partial charge on any atom is 0.350 e. The number of ether oxygens (including phenoxy) is 6. The van der Waals surface area contributed by atoms with Gasteiger partial charge in [-0.15, -0.1) is 11.8 Å². The van der Waals surface area contributed by atoms with Crippen LogP contribution in [0, 0.1) is 56.7 Å². The van der Waals surface area contributed by atoms with E-state index in [1.807, 2.05) is 0 Å². The summed E-state index contributed by atoms with van der Waals surface area (Å²) in [4.78, 5) is 241. The molecule has 4 aromatic rings. The van der Waals surface area contributed by atoms with Gasteiger partial charge >= 0.3 is 35.8 Å². The Bertz CT molecular complexity index is 5230. The Morgan fingerprint density at radius 2 is 1.33 bits per heavy atom. The number of imide groups is 1. The number of nitrogens with one attached hydrogen (secondary N) is 9. The standard InChI is InChI=1S/C95H117N13O26S/c1-51-65(45-95(128)79(133-88(126)59-29-18-11-19-30-59)77-93(7,67(111)44-68-94(77,50-129-68)134-53(3)110)78(117)75(130-52(2)109)73(51)91(95,4)5)131-89(127)76(74(56-25-14-9-15-26-56)107-82(120)57-27-16-10-17-28-57)132-72(116)37-38-92(6,49-96)60(80(97)118)48-135-66-43-70(113)108(87(66)125)47-55-33-35-58(36-34-55)81(119)100-39-21-20-31-62-84(122)104-61(32-22-40-101-90(98)99)83(121)102-46-69(112)103-64(42-71(114)115)86(124)106-63(85(123)105-62)41-54-23-12-8-13-24-54/h8-19,23-30,55,58,60-68,74-77,79,111,128H,20-22,31-48,50H2,1-7H3,(H2,97,118)(H,100,119)(H,102,121)(H,103,112)(H,104,122)(H,105,123)(H,106,124)(H,107,120)(H,114,115)(H4,98,99,101)/t55?,58?,60?,61?,62?,63?,64?,65-,66?,67-,68+,74-,75+,76+,77-,79-,92?,93+,94-,95+/m0/s1. The number of ketones is 1. The second-order valence-corrected chi connectivity index (χ2v) is 37.7. The van der Waals surface area contributed by atoms with Gasteiger partial charge in [0.05, 0.1) is 65.2 Å². The number of benzene rings is 4. The molecular weight excluding hydrogens is 1770 g/mol. The highest BCUT2D eigenvalue weighted by Crippen LogP contribution is 2.65. The number of nitrogens with zero attached hydrogens (tertiary/aromatic N) is 2. The molecule has 2 bridgehead atoms. The number of amides is 10. The molecule has 6 fully saturated rings. The number of Topliss-reactive ketones (excluding diaryl/α,β-unsaturated/α-hetero) is 1.